The van der Waals surface area contributed by atoms with Crippen molar-refractivity contribution in [3.63, 3.8) is 0 Å². The van der Waals surface area contributed by atoms with E-state index in [9.17, 15) is 9.59 Å². The number of hydrogen-bond donors (Lipinski definition) is 1. The number of nitrogens with one attached hydrogen (secondary N) is 1. The zero-order valence-electron chi connectivity index (χ0n) is 19.8. The van der Waals surface area contributed by atoms with Gasteiger partial charge in [-0.25, -0.2) is 10.4 Å². The van der Waals surface area contributed by atoms with E-state index in [1.807, 2.05) is 43.3 Å². The average Bonchev–Trinajstić information content (AvgIpc) is 3.28. The monoisotopic (exact) mass is 519 g/mol. The molecule has 3 heterocycles. The van der Waals surface area contributed by atoms with Crippen LogP contribution in [-0.4, -0.2) is 39.0 Å². The third-order valence-electron chi connectivity index (χ3n) is 5.77. The molecule has 1 amide bonds. The van der Waals surface area contributed by atoms with E-state index >= 15 is 0 Å². The topological polar surface area (TPSA) is 98.5 Å². The lowest BCUT2D eigenvalue weighted by molar-refractivity contribution is -0.118. The number of aromatic nitrogens is 3. The number of carbonyl (C=O) groups excluding carboxylic acids is 1. The van der Waals surface area contributed by atoms with Crippen LogP contribution in [-0.2, 0) is 17.6 Å². The number of benzene rings is 1. The lowest BCUT2D eigenvalue weighted by Crippen LogP contribution is -2.24. The maximum absolute atomic E-state index is 13.8. The fourth-order valence-corrected chi connectivity index (χ4v) is 6.26. The van der Waals surface area contributed by atoms with Crippen LogP contribution in [0.2, 0.25) is 0 Å². The number of aryl methyl sites for hydroxylation is 2. The summed E-state index contributed by atoms with van der Waals surface area (Å²) in [4.78, 5) is 37.3. The van der Waals surface area contributed by atoms with Crippen molar-refractivity contribution < 1.29 is 9.53 Å². The number of hydrogen-bond acceptors (Lipinski definition) is 8. The summed E-state index contributed by atoms with van der Waals surface area (Å²) in [6.45, 7) is 2.49. The predicted octanol–water partition coefficient (Wildman–Crippen LogP) is 4.36. The summed E-state index contributed by atoms with van der Waals surface area (Å²) in [5, 5.41) is 5.15. The Morgan fingerprint density at radius 1 is 1.22 bits per heavy atom. The van der Waals surface area contributed by atoms with E-state index in [0.717, 1.165) is 41.8 Å². The molecule has 0 spiro atoms. The minimum Gasteiger partial charge on any atom is -0.494 e. The van der Waals surface area contributed by atoms with Crippen molar-refractivity contribution in [2.24, 2.45) is 5.10 Å². The van der Waals surface area contributed by atoms with Gasteiger partial charge in [0, 0.05) is 11.1 Å². The molecule has 3 aromatic heterocycles. The summed E-state index contributed by atoms with van der Waals surface area (Å²) < 4.78 is 7.17. The second kappa shape index (κ2) is 11.0. The summed E-state index contributed by atoms with van der Waals surface area (Å²) in [5.41, 5.74) is 4.88. The number of fused-ring (bicyclic) bond motifs is 3. The van der Waals surface area contributed by atoms with E-state index in [1.54, 1.807) is 28.2 Å². The molecule has 10 heteroatoms. The molecule has 8 nitrogen and oxygen atoms in total. The van der Waals surface area contributed by atoms with Gasteiger partial charge in [0.1, 0.15) is 10.6 Å². The molecule has 0 fully saturated rings. The van der Waals surface area contributed by atoms with Crippen molar-refractivity contribution in [2.75, 3.05) is 12.4 Å². The standard InChI is InChI=1S/C26H25N5O3S2/c1-2-34-19-12-10-18(11-13-19)31-25(33)23-20-8-3-4-9-21(20)36-24(23)29-26(31)35-16-22(32)30-28-15-17-7-5-6-14-27-17/h5-7,10-15H,2-4,8-9,16H2,1H3,(H,30,32). The molecular weight excluding hydrogens is 494 g/mol. The van der Waals surface area contributed by atoms with E-state index in [0.29, 0.717) is 28.5 Å². The van der Waals surface area contributed by atoms with Gasteiger partial charge in [0.2, 0.25) is 0 Å². The molecule has 184 valence electrons. The van der Waals surface area contributed by atoms with Gasteiger partial charge in [0.25, 0.3) is 11.5 Å². The second-order valence-electron chi connectivity index (χ2n) is 8.19. The first-order valence-corrected chi connectivity index (χ1v) is 13.6. The number of pyridine rings is 1. The number of thiophene rings is 1. The van der Waals surface area contributed by atoms with Crippen LogP contribution in [0.5, 0.6) is 5.75 Å². The van der Waals surface area contributed by atoms with Gasteiger partial charge in [-0.2, -0.15) is 5.10 Å². The van der Waals surface area contributed by atoms with Gasteiger partial charge in [0.15, 0.2) is 5.16 Å². The molecule has 1 aliphatic rings. The molecule has 0 radical (unpaired) electrons. The molecule has 1 N–H and O–H groups in total. The molecule has 0 unspecified atom stereocenters. The van der Waals surface area contributed by atoms with Crippen molar-refractivity contribution in [1.82, 2.24) is 20.0 Å². The van der Waals surface area contributed by atoms with Gasteiger partial charge in [-0.05, 0) is 74.6 Å². The smallest absolute Gasteiger partial charge is 0.267 e. The summed E-state index contributed by atoms with van der Waals surface area (Å²) in [7, 11) is 0. The molecule has 4 aromatic rings. The highest BCUT2D eigenvalue weighted by Gasteiger charge is 2.23. The van der Waals surface area contributed by atoms with Gasteiger partial charge >= 0.3 is 0 Å². The van der Waals surface area contributed by atoms with Crippen LogP contribution in [0, 0.1) is 0 Å². The van der Waals surface area contributed by atoms with Crippen LogP contribution in [0.15, 0.2) is 63.7 Å². The Hall–Kier alpha value is -3.50. The second-order valence-corrected chi connectivity index (χ2v) is 10.2. The minimum absolute atomic E-state index is 0.0552. The Kier molecular flexibility index (Phi) is 7.43. The van der Waals surface area contributed by atoms with Crippen LogP contribution in [0.1, 0.15) is 35.9 Å². The van der Waals surface area contributed by atoms with Crippen LogP contribution >= 0.6 is 23.1 Å². The van der Waals surface area contributed by atoms with E-state index in [2.05, 4.69) is 15.5 Å². The first-order chi connectivity index (χ1) is 17.6. The van der Waals surface area contributed by atoms with Crippen LogP contribution in [0.4, 0.5) is 0 Å². The van der Waals surface area contributed by atoms with Crippen molar-refractivity contribution >= 4 is 45.4 Å². The summed E-state index contributed by atoms with van der Waals surface area (Å²) >= 11 is 2.81. The lowest BCUT2D eigenvalue weighted by Gasteiger charge is -2.14. The van der Waals surface area contributed by atoms with Gasteiger partial charge in [-0.15, -0.1) is 11.3 Å². The molecule has 36 heavy (non-hydrogen) atoms. The highest BCUT2D eigenvalue weighted by atomic mass is 32.2. The molecule has 0 aliphatic heterocycles. The number of ether oxygens (including phenoxy) is 1. The van der Waals surface area contributed by atoms with Crippen molar-refractivity contribution in [1.29, 1.82) is 0 Å². The maximum atomic E-state index is 13.8. The van der Waals surface area contributed by atoms with Gasteiger partial charge in [-0.3, -0.25) is 19.1 Å². The Morgan fingerprint density at radius 2 is 2.06 bits per heavy atom. The Morgan fingerprint density at radius 3 is 2.83 bits per heavy atom. The normalized spacial score (nSPS) is 13.1. The van der Waals surface area contributed by atoms with Crippen LogP contribution < -0.4 is 15.7 Å². The number of hydrazone groups is 1. The summed E-state index contributed by atoms with van der Waals surface area (Å²) in [6.07, 6.45) is 7.24. The van der Waals surface area contributed by atoms with Gasteiger partial charge in [-0.1, -0.05) is 17.8 Å². The zero-order chi connectivity index (χ0) is 24.9. The molecule has 1 aromatic carbocycles. The number of carbonyl (C=O) groups is 1. The predicted molar refractivity (Wildman–Crippen MR) is 144 cm³/mol. The largest absolute Gasteiger partial charge is 0.494 e. The van der Waals surface area contributed by atoms with E-state index in [-0.39, 0.29) is 17.2 Å². The first kappa shape index (κ1) is 24.2. The third-order valence-corrected chi connectivity index (χ3v) is 7.89. The molecule has 1 aliphatic carbocycles. The highest BCUT2D eigenvalue weighted by Crippen LogP contribution is 2.35. The van der Waals surface area contributed by atoms with Crippen molar-refractivity contribution in [3.8, 4) is 11.4 Å². The first-order valence-electron chi connectivity index (χ1n) is 11.8. The van der Waals surface area contributed by atoms with E-state index < -0.39 is 0 Å². The molecule has 0 saturated heterocycles. The van der Waals surface area contributed by atoms with Gasteiger partial charge < -0.3 is 4.74 Å². The molecule has 0 bridgehead atoms. The maximum Gasteiger partial charge on any atom is 0.267 e. The lowest BCUT2D eigenvalue weighted by atomic mass is 9.97. The van der Waals surface area contributed by atoms with Crippen LogP contribution in [0.25, 0.3) is 15.9 Å². The Balaban J connectivity index is 1.45. The molecular formula is C26H25N5O3S2. The fourth-order valence-electron chi connectivity index (χ4n) is 4.15. The summed E-state index contributed by atoms with van der Waals surface area (Å²) in [5.74, 6) is 0.487. The number of nitrogens with zero attached hydrogens (tertiary/aromatic N) is 4. The number of amides is 1. The SMILES string of the molecule is CCOc1ccc(-n2c(SCC(=O)NN=Cc3ccccn3)nc3sc4c(c3c2=O)CCCC4)cc1. The van der Waals surface area contributed by atoms with Crippen molar-refractivity contribution in [2.45, 2.75) is 37.8 Å². The molecule has 0 saturated carbocycles. The Labute approximate surface area is 216 Å². The minimum atomic E-state index is -0.301. The van der Waals surface area contributed by atoms with E-state index in [4.69, 9.17) is 9.72 Å². The fraction of sp³-hybridized carbons (Fsp3) is 0.269. The zero-order valence-corrected chi connectivity index (χ0v) is 21.4. The molecule has 5 rings (SSSR count). The average molecular weight is 520 g/mol. The Bertz CT molecular complexity index is 1460. The van der Waals surface area contributed by atoms with E-state index in [1.165, 1.54) is 22.9 Å². The quantitative estimate of drug-likeness (QED) is 0.161. The number of thioether (sulfide) groups is 1. The van der Waals surface area contributed by atoms with Crippen molar-refractivity contribution in [3.05, 3.63) is 75.1 Å². The highest BCUT2D eigenvalue weighted by molar-refractivity contribution is 7.99. The number of rotatable bonds is 8. The van der Waals surface area contributed by atoms with Crippen LogP contribution in [0.3, 0.4) is 0 Å². The molecule has 0 atom stereocenters. The van der Waals surface area contributed by atoms with Gasteiger partial charge in [0.05, 0.1) is 35.3 Å². The third kappa shape index (κ3) is 5.19. The summed E-state index contributed by atoms with van der Waals surface area (Å²) in [6, 6.07) is 12.8.